The van der Waals surface area contributed by atoms with E-state index in [9.17, 15) is 9.59 Å². The Bertz CT molecular complexity index is 620. The van der Waals surface area contributed by atoms with Gasteiger partial charge in [0.05, 0.1) is 5.56 Å². The first-order valence-electron chi connectivity index (χ1n) is 5.39. The van der Waals surface area contributed by atoms with Crippen molar-refractivity contribution in [2.45, 2.75) is 6.92 Å². The third-order valence-electron chi connectivity index (χ3n) is 2.53. The van der Waals surface area contributed by atoms with Crippen molar-refractivity contribution in [3.8, 4) is 0 Å². The van der Waals surface area contributed by atoms with E-state index in [0.29, 0.717) is 5.56 Å². The number of rotatable bonds is 3. The molecule has 0 unspecified atom stereocenters. The Morgan fingerprint density at radius 2 is 1.94 bits per heavy atom. The predicted molar refractivity (Wildman–Crippen MR) is 65.8 cm³/mol. The number of hydrogen-bond donors (Lipinski definition) is 1. The first-order valence-corrected chi connectivity index (χ1v) is 5.39. The number of benzene rings is 1. The molecule has 0 saturated carbocycles. The zero-order valence-corrected chi connectivity index (χ0v) is 9.75. The minimum Gasteiger partial charge on any atom is -0.478 e. The van der Waals surface area contributed by atoms with Crippen molar-refractivity contribution in [2.75, 3.05) is 0 Å². The van der Waals surface area contributed by atoms with Crippen LogP contribution in [-0.4, -0.2) is 21.8 Å². The lowest BCUT2D eigenvalue weighted by atomic mass is 10.0. The summed E-state index contributed by atoms with van der Waals surface area (Å²) in [7, 11) is 0. The normalized spacial score (nSPS) is 10.1. The van der Waals surface area contributed by atoms with Crippen molar-refractivity contribution in [2.24, 2.45) is 0 Å². The Balaban J connectivity index is 2.50. The van der Waals surface area contributed by atoms with Gasteiger partial charge in [0, 0.05) is 11.8 Å². The van der Waals surface area contributed by atoms with E-state index in [0.717, 1.165) is 5.56 Å². The zero-order valence-electron chi connectivity index (χ0n) is 9.75. The van der Waals surface area contributed by atoms with Gasteiger partial charge in [-0.05, 0) is 25.1 Å². The topological polar surface area (TPSA) is 67.3 Å². The molecule has 4 heteroatoms. The largest absolute Gasteiger partial charge is 0.478 e. The molecule has 0 aliphatic carbocycles. The van der Waals surface area contributed by atoms with Gasteiger partial charge < -0.3 is 5.11 Å². The number of aromatic carboxylic acids is 1. The minimum atomic E-state index is -1.15. The number of carbonyl (C=O) groups is 2. The molecule has 0 fully saturated rings. The third kappa shape index (κ3) is 2.27. The van der Waals surface area contributed by atoms with Crippen LogP contribution < -0.4 is 0 Å². The molecule has 0 atom stereocenters. The van der Waals surface area contributed by atoms with Gasteiger partial charge in [0.25, 0.3) is 0 Å². The van der Waals surface area contributed by atoms with Crippen molar-refractivity contribution in [1.29, 1.82) is 0 Å². The van der Waals surface area contributed by atoms with E-state index in [-0.39, 0.29) is 17.0 Å². The third-order valence-corrected chi connectivity index (χ3v) is 2.53. The lowest BCUT2D eigenvalue weighted by Gasteiger charge is -2.04. The summed E-state index contributed by atoms with van der Waals surface area (Å²) in [5.74, 6) is -1.53. The summed E-state index contributed by atoms with van der Waals surface area (Å²) >= 11 is 0. The second-order valence-corrected chi connectivity index (χ2v) is 3.90. The second kappa shape index (κ2) is 4.79. The highest BCUT2D eigenvalue weighted by Gasteiger charge is 2.18. The van der Waals surface area contributed by atoms with Crippen molar-refractivity contribution in [3.05, 3.63) is 65.0 Å². The summed E-state index contributed by atoms with van der Waals surface area (Å²) in [4.78, 5) is 27.1. The van der Waals surface area contributed by atoms with Gasteiger partial charge in [-0.3, -0.25) is 9.78 Å². The molecule has 90 valence electrons. The molecular weight excluding hydrogens is 230 g/mol. The van der Waals surface area contributed by atoms with Gasteiger partial charge in [-0.25, -0.2) is 4.79 Å². The maximum atomic E-state index is 12.2. The summed E-state index contributed by atoms with van der Waals surface area (Å²) in [5, 5.41) is 9.02. The summed E-state index contributed by atoms with van der Waals surface area (Å²) in [6.45, 7) is 1.87. The molecule has 0 spiro atoms. The van der Waals surface area contributed by atoms with Crippen LogP contribution in [0.15, 0.2) is 42.6 Å². The van der Waals surface area contributed by atoms with E-state index >= 15 is 0 Å². The predicted octanol–water partition coefficient (Wildman–Crippen LogP) is 2.32. The Kier molecular flexibility index (Phi) is 3.19. The van der Waals surface area contributed by atoms with Gasteiger partial charge in [0.2, 0.25) is 5.78 Å². The Morgan fingerprint density at radius 1 is 1.17 bits per heavy atom. The molecule has 1 N–H and O–H groups in total. The maximum Gasteiger partial charge on any atom is 0.338 e. The van der Waals surface area contributed by atoms with Crippen LogP contribution in [0.1, 0.15) is 32.0 Å². The van der Waals surface area contributed by atoms with Gasteiger partial charge in [0.15, 0.2) is 0 Å². The summed E-state index contributed by atoms with van der Waals surface area (Å²) in [6.07, 6.45) is 1.41. The Hall–Kier alpha value is -2.49. The van der Waals surface area contributed by atoms with Crippen LogP contribution in [0.2, 0.25) is 0 Å². The maximum absolute atomic E-state index is 12.2. The van der Waals surface area contributed by atoms with Gasteiger partial charge in [-0.1, -0.05) is 23.8 Å². The van der Waals surface area contributed by atoms with E-state index in [4.69, 9.17) is 5.11 Å². The van der Waals surface area contributed by atoms with Crippen LogP contribution in [0.3, 0.4) is 0 Å². The lowest BCUT2D eigenvalue weighted by Crippen LogP contribution is -2.11. The van der Waals surface area contributed by atoms with E-state index in [1.165, 1.54) is 18.3 Å². The fourth-order valence-corrected chi connectivity index (χ4v) is 1.68. The van der Waals surface area contributed by atoms with Crippen LogP contribution in [0, 0.1) is 6.92 Å². The van der Waals surface area contributed by atoms with Crippen molar-refractivity contribution < 1.29 is 14.7 Å². The molecule has 0 aliphatic rings. The van der Waals surface area contributed by atoms with Crippen molar-refractivity contribution in [3.63, 3.8) is 0 Å². The van der Waals surface area contributed by atoms with E-state index in [1.54, 1.807) is 18.2 Å². The quantitative estimate of drug-likeness (QED) is 0.837. The van der Waals surface area contributed by atoms with Gasteiger partial charge in [0.1, 0.15) is 5.69 Å². The number of carboxylic acid groups (broad SMARTS) is 1. The number of aryl methyl sites for hydroxylation is 1. The van der Waals surface area contributed by atoms with Crippen LogP contribution in [0.25, 0.3) is 0 Å². The average Bonchev–Trinajstić information content (AvgIpc) is 2.38. The molecule has 4 nitrogen and oxygen atoms in total. The second-order valence-electron chi connectivity index (χ2n) is 3.90. The molecule has 2 rings (SSSR count). The van der Waals surface area contributed by atoms with Crippen LogP contribution >= 0.6 is 0 Å². The molecule has 2 aromatic rings. The fourth-order valence-electron chi connectivity index (χ4n) is 1.68. The highest BCUT2D eigenvalue weighted by atomic mass is 16.4. The molecule has 0 saturated heterocycles. The molecule has 0 amide bonds. The highest BCUT2D eigenvalue weighted by Crippen LogP contribution is 2.13. The van der Waals surface area contributed by atoms with E-state index < -0.39 is 5.97 Å². The standard InChI is InChI=1S/C14H11NO3/c1-9-4-2-5-10(8-9)13(16)12-11(14(17)18)6-3-7-15-12/h2-8H,1H3,(H,17,18). The average molecular weight is 241 g/mol. The zero-order chi connectivity index (χ0) is 13.1. The number of nitrogens with zero attached hydrogens (tertiary/aromatic N) is 1. The number of aromatic nitrogens is 1. The van der Waals surface area contributed by atoms with Gasteiger partial charge in [-0.2, -0.15) is 0 Å². The Labute approximate surface area is 104 Å². The SMILES string of the molecule is Cc1cccc(C(=O)c2ncccc2C(=O)O)c1. The van der Waals surface area contributed by atoms with Gasteiger partial charge >= 0.3 is 5.97 Å². The molecule has 0 aliphatic heterocycles. The lowest BCUT2D eigenvalue weighted by molar-refractivity contribution is 0.0692. The van der Waals surface area contributed by atoms with E-state index in [1.807, 2.05) is 13.0 Å². The first kappa shape index (κ1) is 12.0. The van der Waals surface area contributed by atoms with Crippen LogP contribution in [0.5, 0.6) is 0 Å². The Morgan fingerprint density at radius 3 is 2.61 bits per heavy atom. The monoisotopic (exact) mass is 241 g/mol. The molecule has 18 heavy (non-hydrogen) atoms. The molecule has 0 radical (unpaired) electrons. The molecular formula is C14H11NO3. The number of ketones is 1. The first-order chi connectivity index (χ1) is 8.59. The number of carboxylic acids is 1. The van der Waals surface area contributed by atoms with Crippen LogP contribution in [0.4, 0.5) is 0 Å². The smallest absolute Gasteiger partial charge is 0.338 e. The number of pyridine rings is 1. The molecule has 1 aromatic carbocycles. The van der Waals surface area contributed by atoms with Gasteiger partial charge in [-0.15, -0.1) is 0 Å². The van der Waals surface area contributed by atoms with Crippen molar-refractivity contribution in [1.82, 2.24) is 4.98 Å². The molecule has 0 bridgehead atoms. The summed E-state index contributed by atoms with van der Waals surface area (Å²) in [5.41, 5.74) is 1.27. The summed E-state index contributed by atoms with van der Waals surface area (Å²) in [6, 6.07) is 9.85. The molecule has 1 aromatic heterocycles. The van der Waals surface area contributed by atoms with Crippen LogP contribution in [-0.2, 0) is 0 Å². The number of carbonyl (C=O) groups excluding carboxylic acids is 1. The van der Waals surface area contributed by atoms with E-state index in [2.05, 4.69) is 4.98 Å². The number of hydrogen-bond acceptors (Lipinski definition) is 3. The summed E-state index contributed by atoms with van der Waals surface area (Å²) < 4.78 is 0. The van der Waals surface area contributed by atoms with Crippen molar-refractivity contribution >= 4 is 11.8 Å². The fraction of sp³-hybridized carbons (Fsp3) is 0.0714. The molecule has 1 heterocycles. The highest BCUT2D eigenvalue weighted by molar-refractivity contribution is 6.12. The minimum absolute atomic E-state index is 0.0319.